The lowest BCUT2D eigenvalue weighted by Gasteiger charge is -2.29. The molecule has 2 unspecified atom stereocenters. The Morgan fingerprint density at radius 2 is 2.20 bits per heavy atom. The first-order valence-electron chi connectivity index (χ1n) is 6.78. The molecule has 20 heavy (non-hydrogen) atoms. The molecule has 0 aromatic heterocycles. The van der Waals surface area contributed by atoms with Gasteiger partial charge in [0.25, 0.3) is 0 Å². The van der Waals surface area contributed by atoms with Crippen LogP contribution < -0.4 is 5.32 Å². The molecule has 106 valence electrons. The van der Waals surface area contributed by atoms with Crippen LogP contribution in [0.4, 0.5) is 10.1 Å². The standard InChI is InChI=1S/C15H17FN2O2/c16-12-5-6-14(11(7-12)8-17)18-9-10-3-1-2-4-13(10)15(19)20/h5-7,10,13,18H,1-4,9H2,(H,19,20). The highest BCUT2D eigenvalue weighted by molar-refractivity contribution is 5.70. The molecule has 4 nitrogen and oxygen atoms in total. The van der Waals surface area contributed by atoms with Gasteiger partial charge in [0, 0.05) is 6.54 Å². The summed E-state index contributed by atoms with van der Waals surface area (Å²) in [6.07, 6.45) is 3.56. The normalized spacial score (nSPS) is 22.0. The Morgan fingerprint density at radius 3 is 2.90 bits per heavy atom. The van der Waals surface area contributed by atoms with Crippen molar-refractivity contribution in [1.82, 2.24) is 0 Å². The molecule has 2 atom stereocenters. The van der Waals surface area contributed by atoms with E-state index in [0.29, 0.717) is 18.7 Å². The van der Waals surface area contributed by atoms with E-state index in [1.807, 2.05) is 6.07 Å². The summed E-state index contributed by atoms with van der Waals surface area (Å²) in [6, 6.07) is 5.93. The maximum Gasteiger partial charge on any atom is 0.306 e. The second-order valence-electron chi connectivity index (χ2n) is 5.17. The zero-order valence-electron chi connectivity index (χ0n) is 11.1. The first-order chi connectivity index (χ1) is 9.61. The second kappa shape index (κ2) is 6.38. The number of rotatable bonds is 4. The van der Waals surface area contributed by atoms with Crippen LogP contribution in [0.15, 0.2) is 18.2 Å². The fourth-order valence-electron chi connectivity index (χ4n) is 2.78. The van der Waals surface area contributed by atoms with Crippen LogP contribution in [-0.4, -0.2) is 17.6 Å². The van der Waals surface area contributed by atoms with Gasteiger partial charge in [-0.2, -0.15) is 5.26 Å². The van der Waals surface area contributed by atoms with E-state index < -0.39 is 11.8 Å². The zero-order valence-corrected chi connectivity index (χ0v) is 11.1. The Morgan fingerprint density at radius 1 is 1.45 bits per heavy atom. The summed E-state index contributed by atoms with van der Waals surface area (Å²) < 4.78 is 13.0. The summed E-state index contributed by atoms with van der Waals surface area (Å²) >= 11 is 0. The Hall–Kier alpha value is -2.09. The molecule has 1 fully saturated rings. The summed E-state index contributed by atoms with van der Waals surface area (Å²) in [5.41, 5.74) is 0.802. The third-order valence-electron chi connectivity index (χ3n) is 3.88. The molecule has 0 amide bonds. The molecule has 1 aromatic rings. The topological polar surface area (TPSA) is 73.1 Å². The molecule has 0 radical (unpaired) electrons. The molecular weight excluding hydrogens is 259 g/mol. The SMILES string of the molecule is N#Cc1cc(F)ccc1NCC1CCCCC1C(=O)O. The number of nitriles is 1. The smallest absolute Gasteiger partial charge is 0.306 e. The molecule has 1 saturated carbocycles. The number of carbonyl (C=O) groups is 1. The van der Waals surface area contributed by atoms with Gasteiger partial charge in [0.05, 0.1) is 17.2 Å². The van der Waals surface area contributed by atoms with Crippen molar-refractivity contribution >= 4 is 11.7 Å². The van der Waals surface area contributed by atoms with Gasteiger partial charge in [0.15, 0.2) is 0 Å². The average molecular weight is 276 g/mol. The predicted molar refractivity (Wildman–Crippen MR) is 72.7 cm³/mol. The second-order valence-corrected chi connectivity index (χ2v) is 5.17. The van der Waals surface area contributed by atoms with Crippen LogP contribution in [0.3, 0.4) is 0 Å². The molecule has 2 N–H and O–H groups in total. The lowest BCUT2D eigenvalue weighted by molar-refractivity contribution is -0.144. The van der Waals surface area contributed by atoms with Gasteiger partial charge < -0.3 is 10.4 Å². The summed E-state index contributed by atoms with van der Waals surface area (Å²) in [7, 11) is 0. The van der Waals surface area contributed by atoms with Crippen molar-refractivity contribution < 1.29 is 14.3 Å². The Bertz CT molecular complexity index is 539. The van der Waals surface area contributed by atoms with Gasteiger partial charge in [-0.05, 0) is 37.0 Å². The number of carboxylic acid groups (broad SMARTS) is 1. The van der Waals surface area contributed by atoms with Crippen molar-refractivity contribution in [3.05, 3.63) is 29.6 Å². The molecule has 2 rings (SSSR count). The van der Waals surface area contributed by atoms with E-state index >= 15 is 0 Å². The van der Waals surface area contributed by atoms with Crippen molar-refractivity contribution in [2.24, 2.45) is 11.8 Å². The number of anilines is 1. The van der Waals surface area contributed by atoms with Crippen molar-refractivity contribution in [3.63, 3.8) is 0 Å². The van der Waals surface area contributed by atoms with Crippen LogP contribution in [0.5, 0.6) is 0 Å². The number of nitrogens with zero attached hydrogens (tertiary/aromatic N) is 1. The first-order valence-corrected chi connectivity index (χ1v) is 6.78. The fourth-order valence-corrected chi connectivity index (χ4v) is 2.78. The lowest BCUT2D eigenvalue weighted by Crippen LogP contribution is -2.31. The molecule has 1 aromatic carbocycles. The van der Waals surface area contributed by atoms with Crippen LogP contribution >= 0.6 is 0 Å². The van der Waals surface area contributed by atoms with E-state index in [4.69, 9.17) is 5.26 Å². The minimum absolute atomic E-state index is 0.0536. The molecule has 0 saturated heterocycles. The van der Waals surface area contributed by atoms with Crippen LogP contribution in [0.1, 0.15) is 31.2 Å². The largest absolute Gasteiger partial charge is 0.481 e. The van der Waals surface area contributed by atoms with Crippen LogP contribution in [-0.2, 0) is 4.79 Å². The van der Waals surface area contributed by atoms with Gasteiger partial charge in [0.2, 0.25) is 0 Å². The molecule has 1 aliphatic carbocycles. The summed E-state index contributed by atoms with van der Waals surface area (Å²) in [5.74, 6) is -1.48. The Labute approximate surface area is 117 Å². The first kappa shape index (κ1) is 14.3. The average Bonchev–Trinajstić information content (AvgIpc) is 2.46. The van der Waals surface area contributed by atoms with Crippen molar-refractivity contribution in [3.8, 4) is 6.07 Å². The molecule has 1 aliphatic rings. The molecular formula is C15H17FN2O2. The predicted octanol–water partition coefficient (Wildman–Crippen LogP) is 3.00. The number of aliphatic carboxylic acids is 1. The maximum atomic E-state index is 13.0. The summed E-state index contributed by atoms with van der Waals surface area (Å²) in [6.45, 7) is 0.497. The van der Waals surface area contributed by atoms with Crippen molar-refractivity contribution in [2.45, 2.75) is 25.7 Å². The van der Waals surface area contributed by atoms with Gasteiger partial charge >= 0.3 is 5.97 Å². The minimum Gasteiger partial charge on any atom is -0.481 e. The molecule has 0 spiro atoms. The quantitative estimate of drug-likeness (QED) is 0.886. The summed E-state index contributed by atoms with van der Waals surface area (Å²) in [5, 5.41) is 21.3. The number of halogens is 1. The van der Waals surface area contributed by atoms with E-state index in [0.717, 1.165) is 19.3 Å². The van der Waals surface area contributed by atoms with Crippen molar-refractivity contribution in [2.75, 3.05) is 11.9 Å². The van der Waals surface area contributed by atoms with E-state index in [9.17, 15) is 14.3 Å². The number of hydrogen-bond acceptors (Lipinski definition) is 3. The van der Waals surface area contributed by atoms with E-state index in [1.54, 1.807) is 0 Å². The number of hydrogen-bond donors (Lipinski definition) is 2. The number of carboxylic acids is 1. The van der Waals surface area contributed by atoms with Gasteiger partial charge in [-0.15, -0.1) is 0 Å². The lowest BCUT2D eigenvalue weighted by atomic mass is 9.79. The monoisotopic (exact) mass is 276 g/mol. The van der Waals surface area contributed by atoms with Crippen LogP contribution in [0.2, 0.25) is 0 Å². The Balaban J connectivity index is 2.04. The maximum absolute atomic E-state index is 13.0. The third kappa shape index (κ3) is 3.27. The van der Waals surface area contributed by atoms with Gasteiger partial charge in [-0.25, -0.2) is 4.39 Å². The van der Waals surface area contributed by atoms with Crippen LogP contribution in [0, 0.1) is 29.0 Å². The van der Waals surface area contributed by atoms with Gasteiger partial charge in [0.1, 0.15) is 11.9 Å². The minimum atomic E-state index is -0.754. The van der Waals surface area contributed by atoms with Gasteiger partial charge in [-0.1, -0.05) is 12.8 Å². The highest BCUT2D eigenvalue weighted by Gasteiger charge is 2.30. The third-order valence-corrected chi connectivity index (χ3v) is 3.88. The van der Waals surface area contributed by atoms with Crippen LogP contribution in [0.25, 0.3) is 0 Å². The molecule has 0 heterocycles. The number of nitrogens with one attached hydrogen (secondary N) is 1. The van der Waals surface area contributed by atoms with Gasteiger partial charge in [-0.3, -0.25) is 4.79 Å². The summed E-state index contributed by atoms with van der Waals surface area (Å²) in [4.78, 5) is 11.2. The highest BCUT2D eigenvalue weighted by atomic mass is 19.1. The van der Waals surface area contributed by atoms with E-state index in [1.165, 1.54) is 18.2 Å². The number of benzene rings is 1. The van der Waals surface area contributed by atoms with Crippen molar-refractivity contribution in [1.29, 1.82) is 5.26 Å². The molecule has 5 heteroatoms. The molecule has 0 aliphatic heterocycles. The van der Waals surface area contributed by atoms with E-state index in [2.05, 4.69) is 5.32 Å². The van der Waals surface area contributed by atoms with E-state index in [-0.39, 0.29) is 17.4 Å². The Kier molecular flexibility index (Phi) is 4.57. The highest BCUT2D eigenvalue weighted by Crippen LogP contribution is 2.30. The molecule has 0 bridgehead atoms. The fraction of sp³-hybridized carbons (Fsp3) is 0.467. The zero-order chi connectivity index (χ0) is 14.5.